The highest BCUT2D eigenvalue weighted by molar-refractivity contribution is 9.10. The number of nitrogens with zero attached hydrogens (tertiary/aromatic N) is 2. The van der Waals surface area contributed by atoms with Crippen LogP contribution in [-0.4, -0.2) is 17.7 Å². The Morgan fingerprint density at radius 1 is 1.16 bits per heavy atom. The van der Waals surface area contributed by atoms with E-state index in [0.717, 1.165) is 10.9 Å². The number of hydrogen-bond acceptors (Lipinski definition) is 6. The lowest BCUT2D eigenvalue weighted by molar-refractivity contribution is 0.0969. The van der Waals surface area contributed by atoms with E-state index in [1.54, 1.807) is 31.2 Å². The number of aryl methyl sites for hydroxylation is 1. The molecule has 0 aliphatic carbocycles. The molecule has 7 nitrogen and oxygen atoms in total. The molecule has 2 aromatic carbocycles. The number of carbonyl (C=O) groups is 1. The first kappa shape index (κ1) is 20.5. The van der Waals surface area contributed by atoms with E-state index in [9.17, 15) is 9.59 Å². The maximum Gasteiger partial charge on any atom is 0.296 e. The van der Waals surface area contributed by atoms with E-state index in [1.165, 1.54) is 4.90 Å². The first-order valence-corrected chi connectivity index (χ1v) is 11.0. The predicted molar refractivity (Wildman–Crippen MR) is 122 cm³/mol. The van der Waals surface area contributed by atoms with Gasteiger partial charge in [0.2, 0.25) is 5.76 Å². The third-order valence-corrected chi connectivity index (χ3v) is 5.83. The van der Waals surface area contributed by atoms with Crippen LogP contribution in [0.4, 0.5) is 5.82 Å². The van der Waals surface area contributed by atoms with Crippen molar-refractivity contribution in [1.29, 1.82) is 0 Å². The number of benzene rings is 2. The van der Waals surface area contributed by atoms with Gasteiger partial charge in [-0.2, -0.15) is 0 Å². The molecule has 32 heavy (non-hydrogen) atoms. The van der Waals surface area contributed by atoms with Crippen molar-refractivity contribution >= 4 is 38.6 Å². The lowest BCUT2D eigenvalue weighted by Crippen LogP contribution is -2.29. The van der Waals surface area contributed by atoms with Gasteiger partial charge in [-0.3, -0.25) is 14.5 Å². The number of rotatable bonds is 5. The van der Waals surface area contributed by atoms with Crippen LogP contribution in [0.2, 0.25) is 0 Å². The zero-order chi connectivity index (χ0) is 22.4. The fourth-order valence-electron chi connectivity index (χ4n) is 3.96. The van der Waals surface area contributed by atoms with E-state index in [4.69, 9.17) is 13.7 Å². The summed E-state index contributed by atoms with van der Waals surface area (Å²) >= 11 is 3.41. The Labute approximate surface area is 191 Å². The Kier molecular flexibility index (Phi) is 5.09. The summed E-state index contributed by atoms with van der Waals surface area (Å²) in [5.41, 5.74) is 1.08. The van der Waals surface area contributed by atoms with Gasteiger partial charge in [-0.05, 0) is 49.2 Å². The molecule has 162 valence electrons. The van der Waals surface area contributed by atoms with E-state index >= 15 is 0 Å². The van der Waals surface area contributed by atoms with Crippen molar-refractivity contribution in [2.24, 2.45) is 0 Å². The minimum Gasteiger partial charge on any atom is -0.494 e. The summed E-state index contributed by atoms with van der Waals surface area (Å²) in [6.07, 6.45) is 0.865. The Morgan fingerprint density at radius 3 is 2.75 bits per heavy atom. The van der Waals surface area contributed by atoms with Crippen molar-refractivity contribution < 1.29 is 18.5 Å². The number of hydrogen-bond donors (Lipinski definition) is 0. The van der Waals surface area contributed by atoms with Crippen molar-refractivity contribution in [3.63, 3.8) is 0 Å². The highest BCUT2D eigenvalue weighted by Crippen LogP contribution is 2.41. The third kappa shape index (κ3) is 3.31. The average Bonchev–Trinajstić information content (AvgIpc) is 3.34. The van der Waals surface area contributed by atoms with Crippen molar-refractivity contribution in [2.75, 3.05) is 11.5 Å². The first-order valence-electron chi connectivity index (χ1n) is 10.2. The molecule has 0 radical (unpaired) electrons. The van der Waals surface area contributed by atoms with E-state index in [-0.39, 0.29) is 16.8 Å². The molecule has 0 spiro atoms. The number of halogens is 1. The Morgan fingerprint density at radius 2 is 2.00 bits per heavy atom. The first-order chi connectivity index (χ1) is 15.5. The summed E-state index contributed by atoms with van der Waals surface area (Å²) in [5, 5.41) is 4.44. The molecule has 5 rings (SSSR count). The predicted octanol–water partition coefficient (Wildman–Crippen LogP) is 5.39. The average molecular weight is 495 g/mol. The molecule has 0 saturated carbocycles. The largest absolute Gasteiger partial charge is 0.494 e. The summed E-state index contributed by atoms with van der Waals surface area (Å²) in [7, 11) is 0. The molecular formula is C24H19BrN2O5. The van der Waals surface area contributed by atoms with Gasteiger partial charge in [0.05, 0.1) is 23.6 Å². The molecule has 2 aromatic heterocycles. The summed E-state index contributed by atoms with van der Waals surface area (Å²) in [5.74, 6) is 1.09. The molecule has 1 atom stereocenters. The molecular weight excluding hydrogens is 476 g/mol. The van der Waals surface area contributed by atoms with Gasteiger partial charge in [0, 0.05) is 10.5 Å². The second-order valence-corrected chi connectivity index (χ2v) is 8.52. The number of carbonyl (C=O) groups excluding carboxylic acids is 1. The van der Waals surface area contributed by atoms with Crippen LogP contribution in [0.15, 0.2) is 66.7 Å². The monoisotopic (exact) mass is 494 g/mol. The van der Waals surface area contributed by atoms with Crippen LogP contribution < -0.4 is 15.1 Å². The maximum absolute atomic E-state index is 13.6. The van der Waals surface area contributed by atoms with Gasteiger partial charge in [0.25, 0.3) is 5.91 Å². The lowest BCUT2D eigenvalue weighted by Gasteiger charge is -2.22. The zero-order valence-corrected chi connectivity index (χ0v) is 19.0. The normalized spacial score (nSPS) is 15.4. The van der Waals surface area contributed by atoms with E-state index < -0.39 is 11.9 Å². The fraction of sp³-hybridized carbons (Fsp3) is 0.208. The van der Waals surface area contributed by atoms with Crippen molar-refractivity contribution in [3.8, 4) is 5.75 Å². The van der Waals surface area contributed by atoms with Crippen LogP contribution in [0.3, 0.4) is 0 Å². The van der Waals surface area contributed by atoms with Crippen molar-refractivity contribution in [2.45, 2.75) is 26.3 Å². The molecule has 0 N–H and O–H groups in total. The van der Waals surface area contributed by atoms with Crippen LogP contribution in [0, 0.1) is 6.92 Å². The standard InChI is InChI=1S/C24H19BrN2O5/c1-3-9-30-16-6-4-5-14(11-16)21-20-22(28)17-12-15(25)7-8-18(17)31-23(20)24(29)27(21)19-10-13(2)32-26-19/h4-8,10-12,21H,3,9H2,1-2H3/t21-/m0/s1. The topological polar surface area (TPSA) is 85.8 Å². The highest BCUT2D eigenvalue weighted by Gasteiger charge is 2.45. The molecule has 3 heterocycles. The van der Waals surface area contributed by atoms with Gasteiger partial charge in [-0.25, -0.2) is 0 Å². The number of aromatic nitrogens is 1. The van der Waals surface area contributed by atoms with Crippen LogP contribution in [0.25, 0.3) is 11.0 Å². The van der Waals surface area contributed by atoms with Crippen LogP contribution in [0.5, 0.6) is 5.75 Å². The molecule has 0 saturated heterocycles. The molecule has 1 amide bonds. The molecule has 1 aliphatic heterocycles. The summed E-state index contributed by atoms with van der Waals surface area (Å²) in [6.45, 7) is 4.34. The fourth-order valence-corrected chi connectivity index (χ4v) is 4.32. The van der Waals surface area contributed by atoms with Gasteiger partial charge in [-0.15, -0.1) is 0 Å². The van der Waals surface area contributed by atoms with Gasteiger partial charge in [0.15, 0.2) is 11.2 Å². The van der Waals surface area contributed by atoms with Crippen LogP contribution >= 0.6 is 15.9 Å². The van der Waals surface area contributed by atoms with Crippen molar-refractivity contribution in [1.82, 2.24) is 5.16 Å². The molecule has 0 bridgehead atoms. The van der Waals surface area contributed by atoms with Gasteiger partial charge in [0.1, 0.15) is 17.1 Å². The molecule has 0 fully saturated rings. The third-order valence-electron chi connectivity index (χ3n) is 5.34. The lowest BCUT2D eigenvalue weighted by atomic mass is 9.98. The number of amides is 1. The van der Waals surface area contributed by atoms with E-state index in [1.807, 2.05) is 31.2 Å². The minimum absolute atomic E-state index is 0.00959. The van der Waals surface area contributed by atoms with Gasteiger partial charge in [-0.1, -0.05) is 40.1 Å². The molecule has 1 aliphatic rings. The number of ether oxygens (including phenoxy) is 1. The molecule has 8 heteroatoms. The summed E-state index contributed by atoms with van der Waals surface area (Å²) in [6, 6.07) is 13.5. The quantitative estimate of drug-likeness (QED) is 0.369. The van der Waals surface area contributed by atoms with Crippen LogP contribution in [-0.2, 0) is 0 Å². The molecule has 0 unspecified atom stereocenters. The van der Waals surface area contributed by atoms with Gasteiger partial charge >= 0.3 is 0 Å². The van der Waals surface area contributed by atoms with Gasteiger partial charge < -0.3 is 13.7 Å². The highest BCUT2D eigenvalue weighted by atomic mass is 79.9. The summed E-state index contributed by atoms with van der Waals surface area (Å²) < 4.78 is 17.7. The molecule has 4 aromatic rings. The smallest absolute Gasteiger partial charge is 0.296 e. The SMILES string of the molecule is CCCOc1cccc([C@H]2c3c(oc4ccc(Br)cc4c3=O)C(=O)N2c2cc(C)on2)c1. The second kappa shape index (κ2) is 7.94. The Balaban J connectivity index is 1.76. The summed E-state index contributed by atoms with van der Waals surface area (Å²) in [4.78, 5) is 28.5. The van der Waals surface area contributed by atoms with Crippen molar-refractivity contribution in [3.05, 3.63) is 85.9 Å². The Bertz CT molecular complexity index is 1410. The maximum atomic E-state index is 13.6. The number of anilines is 1. The van der Waals surface area contributed by atoms with E-state index in [0.29, 0.717) is 40.5 Å². The van der Waals surface area contributed by atoms with E-state index in [2.05, 4.69) is 21.1 Å². The van der Waals surface area contributed by atoms with Crippen LogP contribution in [0.1, 0.15) is 46.8 Å². The zero-order valence-electron chi connectivity index (χ0n) is 17.4. The second-order valence-electron chi connectivity index (χ2n) is 7.61. The minimum atomic E-state index is -0.730. The number of fused-ring (bicyclic) bond motifs is 2. The Hall–Kier alpha value is -3.39.